The Labute approximate surface area is 116 Å². The molecule has 1 heterocycles. The summed E-state index contributed by atoms with van der Waals surface area (Å²) in [6, 6.07) is 10.1. The minimum absolute atomic E-state index is 0.554. The molecule has 0 radical (unpaired) electrons. The molecule has 1 aromatic carbocycles. The molecule has 0 spiro atoms. The normalized spacial score (nSPS) is 10.6. The molecular formula is C14H16ClNOS. The second kappa shape index (κ2) is 6.23. The summed E-state index contributed by atoms with van der Waals surface area (Å²) in [4.78, 5) is 1.12. The first-order chi connectivity index (χ1) is 8.69. The second-order valence-corrected chi connectivity index (χ2v) is 5.94. The third-order valence-corrected chi connectivity index (χ3v) is 3.83. The van der Waals surface area contributed by atoms with Gasteiger partial charge in [-0.15, -0.1) is 11.3 Å². The van der Waals surface area contributed by atoms with Crippen LogP contribution >= 0.6 is 22.9 Å². The van der Waals surface area contributed by atoms with E-state index in [0.29, 0.717) is 13.2 Å². The van der Waals surface area contributed by atoms with Crippen LogP contribution in [0, 0.1) is 6.92 Å². The first-order valence-electron chi connectivity index (χ1n) is 5.85. The van der Waals surface area contributed by atoms with Crippen molar-refractivity contribution < 1.29 is 4.74 Å². The molecule has 0 aliphatic heterocycles. The molecule has 0 fully saturated rings. The SMILES string of the molecule is Cc1ccc(OCc2ccc(Cl)s2)c(CCN)c1. The van der Waals surface area contributed by atoms with Crippen molar-refractivity contribution in [2.24, 2.45) is 5.73 Å². The summed E-state index contributed by atoms with van der Waals surface area (Å²) in [5, 5.41) is 0. The van der Waals surface area contributed by atoms with Crippen molar-refractivity contribution in [2.75, 3.05) is 6.54 Å². The molecule has 0 saturated heterocycles. The van der Waals surface area contributed by atoms with Crippen molar-refractivity contribution in [1.29, 1.82) is 0 Å². The summed E-state index contributed by atoms with van der Waals surface area (Å²) >= 11 is 7.44. The first kappa shape index (κ1) is 13.4. The maximum atomic E-state index is 5.89. The van der Waals surface area contributed by atoms with Crippen molar-refractivity contribution in [2.45, 2.75) is 20.0 Å². The molecule has 0 bridgehead atoms. The standard InChI is InChI=1S/C14H16ClNOS/c1-10-2-4-13(11(8-10)6-7-16)17-9-12-3-5-14(15)18-12/h2-5,8H,6-7,9,16H2,1H3. The maximum Gasteiger partial charge on any atom is 0.123 e. The third-order valence-electron chi connectivity index (χ3n) is 2.63. The Morgan fingerprint density at radius 3 is 2.78 bits per heavy atom. The van der Waals surface area contributed by atoms with Crippen LogP contribution in [0.3, 0.4) is 0 Å². The average Bonchev–Trinajstić information content (AvgIpc) is 2.75. The van der Waals surface area contributed by atoms with Gasteiger partial charge in [0, 0.05) is 4.88 Å². The fourth-order valence-electron chi connectivity index (χ4n) is 1.78. The number of rotatable bonds is 5. The topological polar surface area (TPSA) is 35.2 Å². The highest BCUT2D eigenvalue weighted by atomic mass is 35.5. The molecule has 0 amide bonds. The zero-order valence-electron chi connectivity index (χ0n) is 10.3. The lowest BCUT2D eigenvalue weighted by atomic mass is 10.1. The summed E-state index contributed by atoms with van der Waals surface area (Å²) in [5.41, 5.74) is 8.01. The highest BCUT2D eigenvalue weighted by Crippen LogP contribution is 2.25. The third kappa shape index (κ3) is 3.48. The van der Waals surface area contributed by atoms with E-state index in [0.717, 1.165) is 21.4 Å². The molecule has 18 heavy (non-hydrogen) atoms. The second-order valence-electron chi connectivity index (χ2n) is 4.14. The molecule has 2 rings (SSSR count). The molecule has 0 aliphatic rings. The van der Waals surface area contributed by atoms with E-state index in [1.54, 1.807) is 11.3 Å². The molecule has 2 N–H and O–H groups in total. The minimum Gasteiger partial charge on any atom is -0.488 e. The van der Waals surface area contributed by atoms with Crippen LogP contribution in [-0.2, 0) is 13.0 Å². The lowest BCUT2D eigenvalue weighted by molar-refractivity contribution is 0.306. The Morgan fingerprint density at radius 1 is 1.28 bits per heavy atom. The van der Waals surface area contributed by atoms with Crippen LogP contribution in [0.25, 0.3) is 0 Å². The van der Waals surface area contributed by atoms with Gasteiger partial charge in [-0.1, -0.05) is 29.3 Å². The largest absolute Gasteiger partial charge is 0.488 e. The van der Waals surface area contributed by atoms with Gasteiger partial charge in [-0.25, -0.2) is 0 Å². The highest BCUT2D eigenvalue weighted by molar-refractivity contribution is 7.16. The van der Waals surface area contributed by atoms with Crippen LogP contribution in [0.1, 0.15) is 16.0 Å². The number of hydrogen-bond acceptors (Lipinski definition) is 3. The fraction of sp³-hybridized carbons (Fsp3) is 0.286. The monoisotopic (exact) mass is 281 g/mol. The van der Waals surface area contributed by atoms with Crippen LogP contribution < -0.4 is 10.5 Å². The van der Waals surface area contributed by atoms with Gasteiger partial charge in [0.1, 0.15) is 12.4 Å². The highest BCUT2D eigenvalue weighted by Gasteiger charge is 2.05. The zero-order chi connectivity index (χ0) is 13.0. The van der Waals surface area contributed by atoms with Crippen molar-refractivity contribution in [3.05, 3.63) is 50.7 Å². The van der Waals surface area contributed by atoms with Gasteiger partial charge >= 0.3 is 0 Å². The lowest BCUT2D eigenvalue weighted by Crippen LogP contribution is -2.05. The molecule has 0 saturated carbocycles. The van der Waals surface area contributed by atoms with Crippen molar-refractivity contribution in [3.63, 3.8) is 0 Å². The number of ether oxygens (including phenoxy) is 1. The van der Waals surface area contributed by atoms with E-state index in [-0.39, 0.29) is 0 Å². The fourth-order valence-corrected chi connectivity index (χ4v) is 2.78. The van der Waals surface area contributed by atoms with Gasteiger partial charge in [0.25, 0.3) is 0 Å². The number of halogens is 1. The molecule has 0 atom stereocenters. The summed E-state index contributed by atoms with van der Waals surface area (Å²) < 4.78 is 6.63. The van der Waals surface area contributed by atoms with Crippen LogP contribution in [0.15, 0.2) is 30.3 Å². The van der Waals surface area contributed by atoms with Crippen LogP contribution in [0.5, 0.6) is 5.75 Å². The van der Waals surface area contributed by atoms with Crippen LogP contribution in [0.4, 0.5) is 0 Å². The quantitative estimate of drug-likeness (QED) is 0.905. The van der Waals surface area contributed by atoms with E-state index in [1.165, 1.54) is 11.1 Å². The van der Waals surface area contributed by atoms with Crippen molar-refractivity contribution in [1.82, 2.24) is 0 Å². The number of nitrogens with two attached hydrogens (primary N) is 1. The van der Waals surface area contributed by atoms with E-state index in [1.807, 2.05) is 18.2 Å². The van der Waals surface area contributed by atoms with Gasteiger partial charge in [0.2, 0.25) is 0 Å². The first-order valence-corrected chi connectivity index (χ1v) is 7.05. The number of hydrogen-bond donors (Lipinski definition) is 1. The van der Waals surface area contributed by atoms with E-state index in [4.69, 9.17) is 22.1 Å². The molecule has 4 heteroatoms. The Kier molecular flexibility index (Phi) is 4.64. The molecular weight excluding hydrogens is 266 g/mol. The maximum absolute atomic E-state index is 5.89. The Bertz CT molecular complexity index is 524. The summed E-state index contributed by atoms with van der Waals surface area (Å²) in [5.74, 6) is 0.913. The van der Waals surface area contributed by atoms with Gasteiger partial charge < -0.3 is 10.5 Å². The van der Waals surface area contributed by atoms with E-state index >= 15 is 0 Å². The molecule has 1 aromatic heterocycles. The lowest BCUT2D eigenvalue weighted by Gasteiger charge is -2.11. The Morgan fingerprint density at radius 2 is 2.11 bits per heavy atom. The van der Waals surface area contributed by atoms with E-state index in [2.05, 4.69) is 19.1 Å². The molecule has 96 valence electrons. The minimum atomic E-state index is 0.554. The molecule has 0 aliphatic carbocycles. The number of benzene rings is 1. The summed E-state index contributed by atoms with van der Waals surface area (Å²) in [6.07, 6.45) is 0.836. The van der Waals surface area contributed by atoms with Gasteiger partial charge in [-0.3, -0.25) is 0 Å². The van der Waals surface area contributed by atoms with Crippen LogP contribution in [0.2, 0.25) is 4.34 Å². The van der Waals surface area contributed by atoms with Crippen LogP contribution in [-0.4, -0.2) is 6.54 Å². The number of aryl methyl sites for hydroxylation is 1. The summed E-state index contributed by atoms with van der Waals surface area (Å²) in [7, 11) is 0. The van der Waals surface area contributed by atoms with E-state index < -0.39 is 0 Å². The predicted molar refractivity (Wildman–Crippen MR) is 77.6 cm³/mol. The van der Waals surface area contributed by atoms with Crippen molar-refractivity contribution in [3.8, 4) is 5.75 Å². The van der Waals surface area contributed by atoms with Gasteiger partial charge in [-0.2, -0.15) is 0 Å². The Balaban J connectivity index is 2.08. The van der Waals surface area contributed by atoms with E-state index in [9.17, 15) is 0 Å². The number of thiophene rings is 1. The zero-order valence-corrected chi connectivity index (χ0v) is 11.9. The van der Waals surface area contributed by atoms with Gasteiger partial charge in [0.05, 0.1) is 4.34 Å². The molecule has 0 unspecified atom stereocenters. The average molecular weight is 282 g/mol. The Hall–Kier alpha value is -1.03. The molecule has 2 aromatic rings. The smallest absolute Gasteiger partial charge is 0.123 e. The summed E-state index contributed by atoms with van der Waals surface area (Å²) in [6.45, 7) is 3.26. The predicted octanol–water partition coefficient (Wildman–Crippen LogP) is 3.79. The molecule has 2 nitrogen and oxygen atoms in total. The van der Waals surface area contributed by atoms with Gasteiger partial charge in [0.15, 0.2) is 0 Å². The van der Waals surface area contributed by atoms with Crippen molar-refractivity contribution >= 4 is 22.9 Å². The van der Waals surface area contributed by atoms with Gasteiger partial charge in [-0.05, 0) is 43.7 Å².